The van der Waals surface area contributed by atoms with E-state index in [9.17, 15) is 4.79 Å². The number of hydrogen-bond acceptors (Lipinski definition) is 5. The van der Waals surface area contributed by atoms with Gasteiger partial charge in [-0.3, -0.25) is 0 Å². The molecule has 2 N–H and O–H groups in total. The second kappa shape index (κ2) is 6.19. The van der Waals surface area contributed by atoms with Gasteiger partial charge in [-0.2, -0.15) is 0 Å². The molecule has 114 valence electrons. The third-order valence-electron chi connectivity index (χ3n) is 3.60. The van der Waals surface area contributed by atoms with Crippen LogP contribution in [-0.4, -0.2) is 40.2 Å². The van der Waals surface area contributed by atoms with E-state index in [0.29, 0.717) is 5.82 Å². The Morgan fingerprint density at radius 1 is 1.27 bits per heavy atom. The molecule has 1 aliphatic rings. The average Bonchev–Trinajstić information content (AvgIpc) is 2.97. The second-order valence-electron chi connectivity index (χ2n) is 5.14. The first-order valence-electron chi connectivity index (χ1n) is 6.94. The molecule has 0 aliphatic carbocycles. The highest BCUT2D eigenvalue weighted by atomic mass is 35.5. The summed E-state index contributed by atoms with van der Waals surface area (Å²) in [5.74, 6) is -0.484. The van der Waals surface area contributed by atoms with Crippen molar-refractivity contribution in [1.29, 1.82) is 0 Å². The molecule has 6 nitrogen and oxygen atoms in total. The van der Waals surface area contributed by atoms with Gasteiger partial charge in [0.15, 0.2) is 5.69 Å². The summed E-state index contributed by atoms with van der Waals surface area (Å²) in [6.07, 6.45) is 3.69. The van der Waals surface area contributed by atoms with Crippen molar-refractivity contribution in [2.75, 3.05) is 23.3 Å². The summed E-state index contributed by atoms with van der Waals surface area (Å²) in [4.78, 5) is 20.9. The zero-order valence-electron chi connectivity index (χ0n) is 11.7. The number of hydrogen-bond donors (Lipinski definition) is 2. The number of anilines is 2. The van der Waals surface area contributed by atoms with Gasteiger partial charge in [0.05, 0.1) is 12.4 Å². The Morgan fingerprint density at radius 2 is 2.05 bits per heavy atom. The van der Waals surface area contributed by atoms with Crippen molar-refractivity contribution in [2.45, 2.75) is 12.5 Å². The molecule has 0 radical (unpaired) electrons. The number of nitrogens with zero attached hydrogens (tertiary/aromatic N) is 3. The number of aromatic carboxylic acids is 1. The molecule has 2 heterocycles. The molecule has 2 aromatic rings. The fourth-order valence-electron chi connectivity index (χ4n) is 2.49. The summed E-state index contributed by atoms with van der Waals surface area (Å²) in [5.41, 5.74) is 1.08. The average molecular weight is 319 g/mol. The van der Waals surface area contributed by atoms with Gasteiger partial charge in [0, 0.05) is 29.8 Å². The minimum atomic E-state index is -1.08. The Morgan fingerprint density at radius 3 is 2.68 bits per heavy atom. The fraction of sp³-hybridized carbons (Fsp3) is 0.267. The van der Waals surface area contributed by atoms with Gasteiger partial charge < -0.3 is 15.3 Å². The molecule has 7 heteroatoms. The van der Waals surface area contributed by atoms with Crippen LogP contribution in [0.5, 0.6) is 0 Å². The van der Waals surface area contributed by atoms with Crippen LogP contribution in [0, 0.1) is 0 Å². The van der Waals surface area contributed by atoms with Crippen molar-refractivity contribution in [2.24, 2.45) is 0 Å². The van der Waals surface area contributed by atoms with Gasteiger partial charge in [-0.15, -0.1) is 0 Å². The van der Waals surface area contributed by atoms with Crippen LogP contribution in [0.25, 0.3) is 0 Å². The molecule has 1 aromatic carbocycles. The van der Waals surface area contributed by atoms with Gasteiger partial charge in [-0.25, -0.2) is 14.8 Å². The second-order valence-corrected chi connectivity index (χ2v) is 5.58. The maximum absolute atomic E-state index is 10.7. The van der Waals surface area contributed by atoms with Gasteiger partial charge in [-0.1, -0.05) is 11.6 Å². The zero-order valence-corrected chi connectivity index (χ0v) is 12.5. The topological polar surface area (TPSA) is 78.3 Å². The third-order valence-corrected chi connectivity index (χ3v) is 3.85. The van der Waals surface area contributed by atoms with Crippen LogP contribution in [0.4, 0.5) is 11.5 Å². The first kappa shape index (κ1) is 14.6. The molecular weight excluding hydrogens is 304 g/mol. The Kier molecular flexibility index (Phi) is 4.11. The molecule has 22 heavy (non-hydrogen) atoms. The highest BCUT2D eigenvalue weighted by Gasteiger charge is 2.23. The van der Waals surface area contributed by atoms with Crippen LogP contribution in [0.3, 0.4) is 0 Å². The smallest absolute Gasteiger partial charge is 0.356 e. The molecule has 1 aromatic heterocycles. The highest BCUT2D eigenvalue weighted by molar-refractivity contribution is 6.30. The number of benzene rings is 1. The molecule has 0 amide bonds. The quantitative estimate of drug-likeness (QED) is 0.902. The van der Waals surface area contributed by atoms with Crippen molar-refractivity contribution < 1.29 is 9.90 Å². The predicted octanol–water partition coefficient (Wildman–Crippen LogP) is 2.52. The van der Waals surface area contributed by atoms with Crippen molar-refractivity contribution >= 4 is 29.1 Å². The SMILES string of the molecule is O=C(O)c1cnc(NC2CCN(c3ccc(Cl)cc3)C2)cn1. The lowest BCUT2D eigenvalue weighted by molar-refractivity contribution is 0.0690. The molecule has 1 unspecified atom stereocenters. The number of carboxylic acid groups (broad SMARTS) is 1. The number of nitrogens with one attached hydrogen (secondary N) is 1. The van der Waals surface area contributed by atoms with E-state index in [1.165, 1.54) is 12.4 Å². The molecule has 0 spiro atoms. The van der Waals surface area contributed by atoms with Crippen LogP contribution >= 0.6 is 11.6 Å². The van der Waals surface area contributed by atoms with Crippen LogP contribution in [0.2, 0.25) is 5.02 Å². The van der Waals surface area contributed by atoms with Crippen LogP contribution in [-0.2, 0) is 0 Å². The summed E-state index contributed by atoms with van der Waals surface area (Å²) in [6.45, 7) is 1.80. The summed E-state index contributed by atoms with van der Waals surface area (Å²) < 4.78 is 0. The Hall–Kier alpha value is -2.34. The molecule has 3 rings (SSSR count). The number of halogens is 1. The molecule has 1 saturated heterocycles. The number of aromatic nitrogens is 2. The minimum Gasteiger partial charge on any atom is -0.476 e. The van der Waals surface area contributed by atoms with E-state index in [2.05, 4.69) is 20.2 Å². The number of carboxylic acids is 1. The van der Waals surface area contributed by atoms with Gasteiger partial charge in [-0.05, 0) is 30.7 Å². The lowest BCUT2D eigenvalue weighted by Gasteiger charge is -2.19. The van der Waals surface area contributed by atoms with E-state index >= 15 is 0 Å². The van der Waals surface area contributed by atoms with Gasteiger partial charge in [0.1, 0.15) is 5.82 Å². The molecule has 1 aliphatic heterocycles. The molecule has 0 saturated carbocycles. The van der Waals surface area contributed by atoms with E-state index in [1.807, 2.05) is 24.3 Å². The maximum atomic E-state index is 10.7. The van der Waals surface area contributed by atoms with Crippen molar-refractivity contribution in [3.63, 3.8) is 0 Å². The van der Waals surface area contributed by atoms with Crippen molar-refractivity contribution in [1.82, 2.24) is 9.97 Å². The Labute approximate surface area is 132 Å². The third kappa shape index (κ3) is 3.28. The summed E-state index contributed by atoms with van der Waals surface area (Å²) in [6, 6.07) is 8.03. The lowest BCUT2D eigenvalue weighted by Crippen LogP contribution is -2.26. The fourth-order valence-corrected chi connectivity index (χ4v) is 2.61. The maximum Gasteiger partial charge on any atom is 0.356 e. The minimum absolute atomic E-state index is 0.0558. The highest BCUT2D eigenvalue weighted by Crippen LogP contribution is 2.23. The van der Waals surface area contributed by atoms with Gasteiger partial charge in [0.25, 0.3) is 0 Å². The molecule has 1 fully saturated rings. The first-order chi connectivity index (χ1) is 10.6. The van der Waals surface area contributed by atoms with Gasteiger partial charge in [0.2, 0.25) is 0 Å². The van der Waals surface area contributed by atoms with E-state index < -0.39 is 5.97 Å². The number of rotatable bonds is 4. The summed E-state index contributed by atoms with van der Waals surface area (Å²) >= 11 is 5.90. The first-order valence-corrected chi connectivity index (χ1v) is 7.32. The Bertz CT molecular complexity index is 660. The monoisotopic (exact) mass is 318 g/mol. The predicted molar refractivity (Wildman–Crippen MR) is 84.7 cm³/mol. The summed E-state index contributed by atoms with van der Waals surface area (Å²) in [5, 5.41) is 12.8. The van der Waals surface area contributed by atoms with Crippen molar-refractivity contribution in [3.8, 4) is 0 Å². The number of carbonyl (C=O) groups is 1. The lowest BCUT2D eigenvalue weighted by atomic mass is 10.2. The standard InChI is InChI=1S/C15H15ClN4O2/c16-10-1-3-12(4-2-10)20-6-5-11(9-20)19-14-8-17-13(7-18-14)15(21)22/h1-4,7-8,11H,5-6,9H2,(H,18,19)(H,21,22). The van der Waals surface area contributed by atoms with Crippen molar-refractivity contribution in [3.05, 3.63) is 47.4 Å². The van der Waals surface area contributed by atoms with Gasteiger partial charge >= 0.3 is 5.97 Å². The normalized spacial score (nSPS) is 17.5. The summed E-state index contributed by atoms with van der Waals surface area (Å²) in [7, 11) is 0. The van der Waals surface area contributed by atoms with E-state index in [0.717, 1.165) is 30.2 Å². The van der Waals surface area contributed by atoms with E-state index in [4.69, 9.17) is 16.7 Å². The molecular formula is C15H15ClN4O2. The molecule has 1 atom stereocenters. The van der Waals surface area contributed by atoms with Crippen LogP contribution in [0.1, 0.15) is 16.9 Å². The van der Waals surface area contributed by atoms with E-state index in [-0.39, 0.29) is 11.7 Å². The largest absolute Gasteiger partial charge is 0.476 e. The van der Waals surface area contributed by atoms with E-state index in [1.54, 1.807) is 0 Å². The Balaban J connectivity index is 1.61. The molecule has 0 bridgehead atoms. The van der Waals surface area contributed by atoms with Crippen LogP contribution in [0.15, 0.2) is 36.7 Å². The zero-order chi connectivity index (χ0) is 15.5. The van der Waals surface area contributed by atoms with Crippen LogP contribution < -0.4 is 10.2 Å².